The Balaban J connectivity index is 1.87. The maximum Gasteiger partial charge on any atom is 0.338 e. The topological polar surface area (TPSA) is 35.5 Å². The molecule has 0 spiro atoms. The summed E-state index contributed by atoms with van der Waals surface area (Å²) in [5.41, 5.74) is 0.557. The van der Waals surface area contributed by atoms with Crippen LogP contribution in [0.5, 0.6) is 5.75 Å². The summed E-state index contributed by atoms with van der Waals surface area (Å²) in [5, 5.41) is 0. The standard InChI is InChI=1S/C27H46O3/c1-3-5-6-7-8-9-10-11-12-13-14-15-16-17-18-19-23-30-26-22-20-21-25(24-26)27(28)29-4-2/h20-22,24H,3-19,23H2,1-2H3. The highest BCUT2D eigenvalue weighted by Gasteiger charge is 2.07. The molecular weight excluding hydrogens is 372 g/mol. The van der Waals surface area contributed by atoms with Crippen LogP contribution in [0.1, 0.15) is 127 Å². The number of benzene rings is 1. The molecule has 30 heavy (non-hydrogen) atoms. The van der Waals surface area contributed by atoms with Gasteiger partial charge in [-0.05, 0) is 31.5 Å². The summed E-state index contributed by atoms with van der Waals surface area (Å²) in [5.74, 6) is 0.465. The van der Waals surface area contributed by atoms with Gasteiger partial charge in [0.05, 0.1) is 18.8 Å². The highest BCUT2D eigenvalue weighted by molar-refractivity contribution is 5.89. The summed E-state index contributed by atoms with van der Waals surface area (Å²) >= 11 is 0. The number of carbonyl (C=O) groups excluding carboxylic acids is 1. The van der Waals surface area contributed by atoms with Crippen LogP contribution >= 0.6 is 0 Å². The molecule has 0 fully saturated rings. The molecule has 172 valence electrons. The molecule has 1 aromatic rings. The minimum atomic E-state index is -0.287. The zero-order valence-electron chi connectivity index (χ0n) is 19.8. The van der Waals surface area contributed by atoms with Crippen molar-refractivity contribution in [1.29, 1.82) is 0 Å². The van der Waals surface area contributed by atoms with Gasteiger partial charge in [-0.25, -0.2) is 4.79 Å². The Labute approximate surface area is 185 Å². The largest absolute Gasteiger partial charge is 0.494 e. The van der Waals surface area contributed by atoms with Crippen molar-refractivity contribution < 1.29 is 14.3 Å². The average molecular weight is 419 g/mol. The van der Waals surface area contributed by atoms with Crippen molar-refractivity contribution in [2.45, 2.75) is 117 Å². The van der Waals surface area contributed by atoms with Crippen LogP contribution < -0.4 is 4.74 Å². The van der Waals surface area contributed by atoms with E-state index in [0.29, 0.717) is 18.8 Å². The molecule has 0 aliphatic carbocycles. The molecule has 0 N–H and O–H groups in total. The predicted molar refractivity (Wildman–Crippen MR) is 127 cm³/mol. The molecule has 1 aromatic carbocycles. The van der Waals surface area contributed by atoms with Gasteiger partial charge in [-0.2, -0.15) is 0 Å². The molecule has 0 atom stereocenters. The van der Waals surface area contributed by atoms with Crippen LogP contribution in [0.2, 0.25) is 0 Å². The summed E-state index contributed by atoms with van der Waals surface area (Å²) in [6.45, 7) is 5.20. The Morgan fingerprint density at radius 2 is 1.20 bits per heavy atom. The summed E-state index contributed by atoms with van der Waals surface area (Å²) in [7, 11) is 0. The zero-order chi connectivity index (χ0) is 21.7. The Bertz CT molecular complexity index is 527. The molecule has 0 radical (unpaired) electrons. The van der Waals surface area contributed by atoms with Crippen LogP contribution in [0.4, 0.5) is 0 Å². The lowest BCUT2D eigenvalue weighted by Crippen LogP contribution is -2.05. The fourth-order valence-electron chi connectivity index (χ4n) is 3.77. The molecule has 0 saturated heterocycles. The maximum absolute atomic E-state index is 11.8. The Kier molecular flexibility index (Phi) is 17.2. The van der Waals surface area contributed by atoms with Gasteiger partial charge in [-0.3, -0.25) is 0 Å². The third-order valence-electron chi connectivity index (χ3n) is 5.61. The SMILES string of the molecule is CCCCCCCCCCCCCCCCCCOc1cccc(C(=O)OCC)c1. The van der Waals surface area contributed by atoms with Gasteiger partial charge in [-0.15, -0.1) is 0 Å². The number of unbranched alkanes of at least 4 members (excludes halogenated alkanes) is 15. The van der Waals surface area contributed by atoms with E-state index in [2.05, 4.69) is 6.92 Å². The monoisotopic (exact) mass is 418 g/mol. The van der Waals surface area contributed by atoms with Crippen molar-refractivity contribution in [1.82, 2.24) is 0 Å². The van der Waals surface area contributed by atoms with E-state index in [-0.39, 0.29) is 5.97 Å². The molecule has 0 aliphatic rings. The molecule has 0 aliphatic heterocycles. The fraction of sp³-hybridized carbons (Fsp3) is 0.741. The molecule has 1 rings (SSSR count). The van der Waals surface area contributed by atoms with Crippen LogP contribution in [0, 0.1) is 0 Å². The van der Waals surface area contributed by atoms with Gasteiger partial charge >= 0.3 is 5.97 Å². The normalized spacial score (nSPS) is 10.9. The molecular formula is C27H46O3. The molecule has 3 heteroatoms. The fourth-order valence-corrected chi connectivity index (χ4v) is 3.77. The van der Waals surface area contributed by atoms with Crippen molar-refractivity contribution in [2.75, 3.05) is 13.2 Å². The second-order valence-corrected chi connectivity index (χ2v) is 8.40. The first-order valence-corrected chi connectivity index (χ1v) is 12.7. The molecule has 3 nitrogen and oxygen atoms in total. The molecule has 0 amide bonds. The minimum Gasteiger partial charge on any atom is -0.494 e. The minimum absolute atomic E-state index is 0.287. The summed E-state index contributed by atoms with van der Waals surface area (Å²) in [6.07, 6.45) is 21.9. The summed E-state index contributed by atoms with van der Waals surface area (Å²) in [4.78, 5) is 11.8. The molecule has 0 aromatic heterocycles. The van der Waals surface area contributed by atoms with Gasteiger partial charge in [0.2, 0.25) is 0 Å². The zero-order valence-corrected chi connectivity index (χ0v) is 19.8. The Hall–Kier alpha value is -1.51. The van der Waals surface area contributed by atoms with E-state index in [1.165, 1.54) is 96.3 Å². The van der Waals surface area contributed by atoms with Gasteiger partial charge in [0.25, 0.3) is 0 Å². The van der Waals surface area contributed by atoms with E-state index in [9.17, 15) is 4.79 Å². The van der Waals surface area contributed by atoms with Gasteiger partial charge in [0, 0.05) is 0 Å². The second kappa shape index (κ2) is 19.5. The molecule has 0 bridgehead atoms. The van der Waals surface area contributed by atoms with Crippen molar-refractivity contribution in [3.63, 3.8) is 0 Å². The average Bonchev–Trinajstić information content (AvgIpc) is 2.76. The number of ether oxygens (including phenoxy) is 2. The lowest BCUT2D eigenvalue weighted by atomic mass is 10.0. The number of hydrogen-bond donors (Lipinski definition) is 0. The van der Waals surface area contributed by atoms with Crippen molar-refractivity contribution in [2.24, 2.45) is 0 Å². The third kappa shape index (κ3) is 14.5. The second-order valence-electron chi connectivity index (χ2n) is 8.40. The van der Waals surface area contributed by atoms with Crippen LogP contribution in [0.15, 0.2) is 24.3 Å². The molecule has 0 saturated carbocycles. The van der Waals surface area contributed by atoms with E-state index in [4.69, 9.17) is 9.47 Å². The Morgan fingerprint density at radius 1 is 0.700 bits per heavy atom. The van der Waals surface area contributed by atoms with Crippen molar-refractivity contribution in [3.05, 3.63) is 29.8 Å². The predicted octanol–water partition coefficient (Wildman–Crippen LogP) is 8.50. The lowest BCUT2D eigenvalue weighted by Gasteiger charge is -2.08. The van der Waals surface area contributed by atoms with E-state index in [1.807, 2.05) is 19.1 Å². The number of rotatable bonds is 20. The summed E-state index contributed by atoms with van der Waals surface area (Å²) < 4.78 is 10.8. The highest BCUT2D eigenvalue weighted by Crippen LogP contribution is 2.16. The lowest BCUT2D eigenvalue weighted by molar-refractivity contribution is 0.0526. The Morgan fingerprint density at radius 3 is 1.70 bits per heavy atom. The van der Waals surface area contributed by atoms with Crippen LogP contribution in [0.3, 0.4) is 0 Å². The van der Waals surface area contributed by atoms with Gasteiger partial charge in [-0.1, -0.05) is 109 Å². The van der Waals surface area contributed by atoms with Crippen LogP contribution in [-0.4, -0.2) is 19.2 Å². The summed E-state index contributed by atoms with van der Waals surface area (Å²) in [6, 6.07) is 7.27. The first-order chi connectivity index (χ1) is 14.8. The van der Waals surface area contributed by atoms with Crippen LogP contribution in [0.25, 0.3) is 0 Å². The smallest absolute Gasteiger partial charge is 0.338 e. The first kappa shape index (κ1) is 26.5. The van der Waals surface area contributed by atoms with Crippen LogP contribution in [-0.2, 0) is 4.74 Å². The van der Waals surface area contributed by atoms with Gasteiger partial charge in [0.15, 0.2) is 0 Å². The van der Waals surface area contributed by atoms with E-state index < -0.39 is 0 Å². The number of carbonyl (C=O) groups is 1. The maximum atomic E-state index is 11.8. The van der Waals surface area contributed by atoms with E-state index in [0.717, 1.165) is 12.2 Å². The van der Waals surface area contributed by atoms with E-state index >= 15 is 0 Å². The highest BCUT2D eigenvalue weighted by atomic mass is 16.5. The van der Waals surface area contributed by atoms with E-state index in [1.54, 1.807) is 12.1 Å². The number of esters is 1. The van der Waals surface area contributed by atoms with Gasteiger partial charge in [0.1, 0.15) is 5.75 Å². The van der Waals surface area contributed by atoms with Crippen molar-refractivity contribution >= 4 is 5.97 Å². The van der Waals surface area contributed by atoms with Crippen molar-refractivity contribution in [3.8, 4) is 5.75 Å². The quantitative estimate of drug-likeness (QED) is 0.157. The molecule has 0 unspecified atom stereocenters. The first-order valence-electron chi connectivity index (χ1n) is 12.7. The third-order valence-corrected chi connectivity index (χ3v) is 5.61. The van der Waals surface area contributed by atoms with Gasteiger partial charge < -0.3 is 9.47 Å². The molecule has 0 heterocycles. The number of hydrogen-bond acceptors (Lipinski definition) is 3.